The Balaban J connectivity index is 0.00000274. The largest absolute Gasteiger partial charge is 0.454 e. The van der Waals surface area contributed by atoms with E-state index in [2.05, 4.69) is 31.0 Å². The van der Waals surface area contributed by atoms with Crippen molar-refractivity contribution in [3.8, 4) is 11.5 Å². The highest BCUT2D eigenvalue weighted by Gasteiger charge is 2.40. The molecule has 2 aliphatic rings. The van der Waals surface area contributed by atoms with E-state index in [1.165, 1.54) is 0 Å². The summed E-state index contributed by atoms with van der Waals surface area (Å²) in [5, 5.41) is 4.53. The van der Waals surface area contributed by atoms with Crippen molar-refractivity contribution in [2.75, 3.05) is 44.8 Å². The van der Waals surface area contributed by atoms with E-state index in [-0.39, 0.29) is 24.8 Å². The van der Waals surface area contributed by atoms with E-state index in [4.69, 9.17) is 14.1 Å². The molecule has 4 heterocycles. The van der Waals surface area contributed by atoms with Gasteiger partial charge in [-0.25, -0.2) is 0 Å². The number of amides is 1. The summed E-state index contributed by atoms with van der Waals surface area (Å²) >= 11 is 0. The molecule has 2 atom stereocenters. The zero-order valence-electron chi connectivity index (χ0n) is 19.8. The molecule has 0 unspecified atom stereocenters. The molecule has 1 saturated heterocycles. The lowest BCUT2D eigenvalue weighted by Gasteiger charge is -2.39. The predicted molar refractivity (Wildman–Crippen MR) is 136 cm³/mol. The van der Waals surface area contributed by atoms with E-state index < -0.39 is 0 Å². The Morgan fingerprint density at radius 3 is 2.85 bits per heavy atom. The van der Waals surface area contributed by atoms with E-state index >= 15 is 0 Å². The number of benzene rings is 1. The van der Waals surface area contributed by atoms with Crippen LogP contribution in [0.25, 0.3) is 22.4 Å². The van der Waals surface area contributed by atoms with Gasteiger partial charge >= 0.3 is 0 Å². The second kappa shape index (κ2) is 9.49. The molecule has 0 radical (unpaired) electrons. The molecule has 2 aromatic heterocycles. The highest BCUT2D eigenvalue weighted by Crippen LogP contribution is 2.42. The van der Waals surface area contributed by atoms with E-state index in [0.29, 0.717) is 31.5 Å². The Morgan fingerprint density at radius 2 is 2.09 bits per heavy atom. The van der Waals surface area contributed by atoms with Crippen molar-refractivity contribution in [1.82, 2.24) is 15.2 Å². The molecule has 1 aromatic carbocycles. The summed E-state index contributed by atoms with van der Waals surface area (Å²) < 4.78 is 11.4. The SMILES string of the molecule is C.COC[C@H]1CN[C@H](C)CN1CC(=O)N1CC(C)(C)c2cnc(-c3cc4ccccc4o3)cc21. The van der Waals surface area contributed by atoms with Gasteiger partial charge in [-0.15, -0.1) is 0 Å². The Hall–Kier alpha value is -2.74. The molecule has 0 bridgehead atoms. The number of rotatable bonds is 5. The van der Waals surface area contributed by atoms with Crippen molar-refractivity contribution >= 4 is 22.6 Å². The molecule has 34 heavy (non-hydrogen) atoms. The van der Waals surface area contributed by atoms with Crippen LogP contribution in [0.15, 0.2) is 47.0 Å². The molecular weight excluding hydrogens is 428 g/mol. The fourth-order valence-corrected chi connectivity index (χ4v) is 5.06. The number of para-hydroxylation sites is 1. The van der Waals surface area contributed by atoms with Gasteiger partial charge in [0.05, 0.1) is 18.8 Å². The van der Waals surface area contributed by atoms with Crippen molar-refractivity contribution in [1.29, 1.82) is 0 Å². The Labute approximate surface area is 202 Å². The Kier molecular flexibility index (Phi) is 6.80. The van der Waals surface area contributed by atoms with Crippen molar-refractivity contribution in [2.45, 2.75) is 45.7 Å². The van der Waals surface area contributed by atoms with Gasteiger partial charge < -0.3 is 19.4 Å². The number of nitrogens with zero attached hydrogens (tertiary/aromatic N) is 3. The van der Waals surface area contributed by atoms with Gasteiger partial charge in [0.1, 0.15) is 11.3 Å². The normalized spacial score (nSPS) is 21.9. The number of pyridine rings is 1. The average molecular weight is 465 g/mol. The second-order valence-corrected chi connectivity index (χ2v) is 9.95. The summed E-state index contributed by atoms with van der Waals surface area (Å²) in [6.07, 6.45) is 1.91. The van der Waals surface area contributed by atoms with Crippen LogP contribution in [0.1, 0.15) is 33.8 Å². The van der Waals surface area contributed by atoms with Crippen LogP contribution in [0.3, 0.4) is 0 Å². The number of anilines is 1. The smallest absolute Gasteiger partial charge is 0.241 e. The lowest BCUT2D eigenvalue weighted by molar-refractivity contribution is -0.121. The summed E-state index contributed by atoms with van der Waals surface area (Å²) in [6.45, 7) is 9.76. The molecular formula is C27H36N4O3. The third-order valence-corrected chi connectivity index (χ3v) is 6.86. The minimum Gasteiger partial charge on any atom is -0.454 e. The monoisotopic (exact) mass is 464 g/mol. The summed E-state index contributed by atoms with van der Waals surface area (Å²) in [4.78, 5) is 22.5. The van der Waals surface area contributed by atoms with Crippen LogP contribution in [-0.2, 0) is 14.9 Å². The van der Waals surface area contributed by atoms with Crippen LogP contribution in [0.2, 0.25) is 0 Å². The lowest BCUT2D eigenvalue weighted by atomic mass is 9.88. The second-order valence-electron chi connectivity index (χ2n) is 9.95. The molecule has 5 rings (SSSR count). The zero-order chi connectivity index (χ0) is 23.2. The number of fused-ring (bicyclic) bond motifs is 2. The van der Waals surface area contributed by atoms with Gasteiger partial charge in [-0.1, -0.05) is 39.5 Å². The molecule has 182 valence electrons. The van der Waals surface area contributed by atoms with Crippen LogP contribution in [0, 0.1) is 0 Å². The summed E-state index contributed by atoms with van der Waals surface area (Å²) in [7, 11) is 1.71. The minimum absolute atomic E-state index is 0. The van der Waals surface area contributed by atoms with Gasteiger partial charge in [0.2, 0.25) is 5.91 Å². The number of carbonyl (C=O) groups is 1. The summed E-state index contributed by atoms with van der Waals surface area (Å²) in [5.41, 5.74) is 3.45. The molecule has 1 fully saturated rings. The first-order valence-corrected chi connectivity index (χ1v) is 11.6. The minimum atomic E-state index is -0.160. The molecule has 1 amide bonds. The number of furan rings is 1. The van der Waals surface area contributed by atoms with Gasteiger partial charge in [0, 0.05) is 61.4 Å². The maximum absolute atomic E-state index is 13.6. The number of carbonyl (C=O) groups excluding carboxylic acids is 1. The maximum atomic E-state index is 13.6. The lowest BCUT2D eigenvalue weighted by Crippen LogP contribution is -2.59. The number of aromatic nitrogens is 1. The van der Waals surface area contributed by atoms with Gasteiger partial charge in [-0.2, -0.15) is 0 Å². The number of hydrogen-bond acceptors (Lipinski definition) is 6. The molecule has 2 aliphatic heterocycles. The number of methoxy groups -OCH3 is 1. The fourth-order valence-electron chi connectivity index (χ4n) is 5.06. The van der Waals surface area contributed by atoms with Gasteiger partial charge in [-0.05, 0) is 25.1 Å². The van der Waals surface area contributed by atoms with Crippen LogP contribution < -0.4 is 10.2 Å². The van der Waals surface area contributed by atoms with Crippen molar-refractivity contribution < 1.29 is 13.9 Å². The topological polar surface area (TPSA) is 70.8 Å². The first-order chi connectivity index (χ1) is 15.9. The fraction of sp³-hybridized carbons (Fsp3) is 0.481. The van der Waals surface area contributed by atoms with Crippen LogP contribution in [0.5, 0.6) is 0 Å². The number of ether oxygens (including phenoxy) is 1. The summed E-state index contributed by atoms with van der Waals surface area (Å²) in [5.74, 6) is 0.825. The van der Waals surface area contributed by atoms with Crippen molar-refractivity contribution in [3.05, 3.63) is 48.2 Å². The maximum Gasteiger partial charge on any atom is 0.241 e. The highest BCUT2D eigenvalue weighted by molar-refractivity contribution is 5.98. The Bertz CT molecular complexity index is 1140. The number of piperazine rings is 1. The molecule has 0 aliphatic carbocycles. The van der Waals surface area contributed by atoms with E-state index in [1.807, 2.05) is 47.5 Å². The standard InChI is InChI=1S/C26H32N4O3.CH4/c1-17-13-29(19(11-27-17)15-32-4)14-25(31)30-16-26(2,3)20-12-28-21(10-22(20)30)24-9-18-7-5-6-8-23(18)33-24;/h5-10,12,17,19,27H,11,13-16H2,1-4H3;1H4/t17-,19-;/m1./s1. The van der Waals surface area contributed by atoms with Crippen LogP contribution in [-0.4, -0.2) is 67.8 Å². The average Bonchev–Trinajstić information content (AvgIpc) is 3.34. The van der Waals surface area contributed by atoms with Crippen LogP contribution in [0.4, 0.5) is 5.69 Å². The van der Waals surface area contributed by atoms with E-state index in [9.17, 15) is 4.79 Å². The molecule has 0 spiro atoms. The summed E-state index contributed by atoms with van der Waals surface area (Å²) in [6, 6.07) is 12.5. The molecule has 7 nitrogen and oxygen atoms in total. The molecule has 1 N–H and O–H groups in total. The van der Waals surface area contributed by atoms with E-state index in [0.717, 1.165) is 41.0 Å². The molecule has 3 aromatic rings. The third-order valence-electron chi connectivity index (χ3n) is 6.86. The molecule has 7 heteroatoms. The van der Waals surface area contributed by atoms with Gasteiger partial charge in [-0.3, -0.25) is 14.7 Å². The van der Waals surface area contributed by atoms with Gasteiger partial charge in [0.25, 0.3) is 0 Å². The van der Waals surface area contributed by atoms with Gasteiger partial charge in [0.15, 0.2) is 5.76 Å². The highest BCUT2D eigenvalue weighted by atomic mass is 16.5. The van der Waals surface area contributed by atoms with E-state index in [1.54, 1.807) is 7.11 Å². The number of hydrogen-bond donors (Lipinski definition) is 1. The predicted octanol–water partition coefficient (Wildman–Crippen LogP) is 4.06. The third kappa shape index (κ3) is 4.48. The van der Waals surface area contributed by atoms with Crippen LogP contribution >= 0.6 is 0 Å². The zero-order valence-corrected chi connectivity index (χ0v) is 19.8. The first-order valence-electron chi connectivity index (χ1n) is 11.6. The van der Waals surface area contributed by atoms with Crippen molar-refractivity contribution in [2.24, 2.45) is 0 Å². The van der Waals surface area contributed by atoms with Crippen molar-refractivity contribution in [3.63, 3.8) is 0 Å². The number of nitrogens with one attached hydrogen (secondary N) is 1. The quantitative estimate of drug-likeness (QED) is 0.614. The Morgan fingerprint density at radius 1 is 1.29 bits per heavy atom. The first kappa shape index (κ1) is 24.4. The molecule has 0 saturated carbocycles.